The van der Waals surface area contributed by atoms with E-state index >= 15 is 0 Å². The van der Waals surface area contributed by atoms with Crippen LogP contribution in [0.3, 0.4) is 0 Å². The van der Waals surface area contributed by atoms with Crippen LogP contribution in [-0.4, -0.2) is 18.5 Å². The summed E-state index contributed by atoms with van der Waals surface area (Å²) in [4.78, 5) is 3.61. The largest absolute Gasteiger partial charge is 0.574 e. The molecule has 0 fully saturated rings. The quantitative estimate of drug-likeness (QED) is 0.803. The lowest BCUT2D eigenvalue weighted by molar-refractivity contribution is -0.276. The molecule has 1 aromatic rings. The van der Waals surface area contributed by atoms with Crippen LogP contribution in [0.4, 0.5) is 13.2 Å². The second-order valence-corrected chi connectivity index (χ2v) is 3.51. The van der Waals surface area contributed by atoms with Crippen LogP contribution in [0.1, 0.15) is 11.1 Å². The van der Waals surface area contributed by atoms with Crippen molar-refractivity contribution >= 4 is 15.9 Å². The summed E-state index contributed by atoms with van der Waals surface area (Å²) >= 11 is 3.09. The zero-order valence-corrected chi connectivity index (χ0v) is 10.1. The van der Waals surface area contributed by atoms with Crippen molar-refractivity contribution in [3.05, 3.63) is 17.2 Å². The van der Waals surface area contributed by atoms with Crippen molar-refractivity contribution in [1.29, 1.82) is 0 Å². The molecule has 1 aromatic heterocycles. The van der Waals surface area contributed by atoms with Crippen LogP contribution in [0.5, 0.6) is 11.8 Å². The lowest BCUT2D eigenvalue weighted by Gasteiger charge is -2.13. The number of hydrogen-bond donors (Lipinski definition) is 0. The second-order valence-electron chi connectivity index (χ2n) is 2.95. The molecule has 7 heteroatoms. The average Bonchev–Trinajstić information content (AvgIpc) is 2.14. The number of aryl methyl sites for hydroxylation is 1. The molecule has 0 aromatic carbocycles. The lowest BCUT2D eigenvalue weighted by atomic mass is 10.2. The second kappa shape index (κ2) is 4.90. The van der Waals surface area contributed by atoms with Crippen molar-refractivity contribution in [3.63, 3.8) is 0 Å². The first kappa shape index (κ1) is 13.1. The van der Waals surface area contributed by atoms with Crippen molar-refractivity contribution in [1.82, 2.24) is 4.98 Å². The molecule has 0 radical (unpaired) electrons. The molecule has 0 aliphatic heterocycles. The number of rotatable bonds is 3. The molecule has 0 aliphatic carbocycles. The minimum absolute atomic E-state index is 0.0847. The monoisotopic (exact) mass is 299 g/mol. The van der Waals surface area contributed by atoms with Crippen LogP contribution >= 0.6 is 15.9 Å². The summed E-state index contributed by atoms with van der Waals surface area (Å²) in [5.74, 6) is -0.400. The van der Waals surface area contributed by atoms with E-state index in [1.807, 2.05) is 0 Å². The van der Waals surface area contributed by atoms with E-state index in [2.05, 4.69) is 25.7 Å². The van der Waals surface area contributed by atoms with Gasteiger partial charge in [0.2, 0.25) is 11.8 Å². The SMILES string of the molecule is COc1cc(C)c(CBr)c(OC(F)(F)F)n1. The van der Waals surface area contributed by atoms with Crippen molar-refractivity contribution in [3.8, 4) is 11.8 Å². The normalized spacial score (nSPS) is 11.4. The third kappa shape index (κ3) is 3.26. The van der Waals surface area contributed by atoms with Gasteiger partial charge in [-0.2, -0.15) is 4.98 Å². The number of methoxy groups -OCH3 is 1. The van der Waals surface area contributed by atoms with Crippen LogP contribution in [0, 0.1) is 6.92 Å². The molecular formula is C9H9BrF3NO2. The summed E-state index contributed by atoms with van der Waals surface area (Å²) in [5, 5.41) is 0.223. The Morgan fingerprint density at radius 2 is 2.06 bits per heavy atom. The Labute approximate surface area is 98.7 Å². The fourth-order valence-corrected chi connectivity index (χ4v) is 1.78. The minimum atomic E-state index is -4.76. The lowest BCUT2D eigenvalue weighted by Crippen LogP contribution is -2.19. The van der Waals surface area contributed by atoms with Gasteiger partial charge in [-0.15, -0.1) is 13.2 Å². The van der Waals surface area contributed by atoms with Gasteiger partial charge in [-0.1, -0.05) is 15.9 Å². The van der Waals surface area contributed by atoms with Gasteiger partial charge in [-0.25, -0.2) is 0 Å². The number of pyridine rings is 1. The Morgan fingerprint density at radius 1 is 1.44 bits per heavy atom. The fourth-order valence-electron chi connectivity index (χ4n) is 1.10. The first-order chi connectivity index (χ1) is 7.37. The molecule has 0 unspecified atom stereocenters. The average molecular weight is 300 g/mol. The Kier molecular flexibility index (Phi) is 4.01. The van der Waals surface area contributed by atoms with E-state index < -0.39 is 12.2 Å². The number of alkyl halides is 4. The molecule has 1 heterocycles. The van der Waals surface area contributed by atoms with Crippen molar-refractivity contribution in [2.45, 2.75) is 18.6 Å². The van der Waals surface area contributed by atoms with Gasteiger partial charge in [0.15, 0.2) is 0 Å². The predicted octanol–water partition coefficient (Wildman–Crippen LogP) is 3.19. The maximum atomic E-state index is 12.1. The summed E-state index contributed by atoms with van der Waals surface area (Å²) < 4.78 is 44.9. The third-order valence-corrected chi connectivity index (χ3v) is 2.40. The maximum Gasteiger partial charge on any atom is 0.574 e. The van der Waals surface area contributed by atoms with Crippen molar-refractivity contribution in [2.75, 3.05) is 7.11 Å². The number of nitrogens with zero attached hydrogens (tertiary/aromatic N) is 1. The summed E-state index contributed by atoms with van der Waals surface area (Å²) in [6, 6.07) is 1.54. The van der Waals surface area contributed by atoms with Gasteiger partial charge in [-0.05, 0) is 12.5 Å². The van der Waals surface area contributed by atoms with Crippen LogP contribution < -0.4 is 9.47 Å². The maximum absolute atomic E-state index is 12.1. The smallest absolute Gasteiger partial charge is 0.481 e. The van der Waals surface area contributed by atoms with Gasteiger partial charge < -0.3 is 9.47 Å². The molecule has 0 bridgehead atoms. The van der Waals surface area contributed by atoms with Crippen LogP contribution in [0.25, 0.3) is 0 Å². The van der Waals surface area contributed by atoms with E-state index in [0.29, 0.717) is 11.1 Å². The van der Waals surface area contributed by atoms with Crippen LogP contribution in [0.15, 0.2) is 6.07 Å². The summed E-state index contributed by atoms with van der Waals surface area (Å²) in [6.07, 6.45) is -4.76. The van der Waals surface area contributed by atoms with E-state index in [1.54, 1.807) is 13.0 Å². The summed E-state index contributed by atoms with van der Waals surface area (Å²) in [5.41, 5.74) is 0.959. The van der Waals surface area contributed by atoms with E-state index in [0.717, 1.165) is 0 Å². The number of hydrogen-bond acceptors (Lipinski definition) is 3. The first-order valence-corrected chi connectivity index (χ1v) is 5.35. The fraction of sp³-hybridized carbons (Fsp3) is 0.444. The predicted molar refractivity (Wildman–Crippen MR) is 54.8 cm³/mol. The van der Waals surface area contributed by atoms with Gasteiger partial charge in [0.05, 0.1) is 7.11 Å². The number of ether oxygens (including phenoxy) is 2. The molecule has 0 atom stereocenters. The van der Waals surface area contributed by atoms with Crippen LogP contribution in [0.2, 0.25) is 0 Å². The number of aromatic nitrogens is 1. The van der Waals surface area contributed by atoms with Gasteiger partial charge in [0.1, 0.15) is 0 Å². The molecule has 1 rings (SSSR count). The van der Waals surface area contributed by atoms with Crippen molar-refractivity contribution in [2.24, 2.45) is 0 Å². The minimum Gasteiger partial charge on any atom is -0.481 e. The highest BCUT2D eigenvalue weighted by Gasteiger charge is 2.33. The molecule has 0 amide bonds. The molecule has 0 N–H and O–H groups in total. The third-order valence-electron chi connectivity index (χ3n) is 1.84. The topological polar surface area (TPSA) is 31.4 Å². The zero-order chi connectivity index (χ0) is 12.3. The Hall–Kier alpha value is -0.980. The van der Waals surface area contributed by atoms with Crippen molar-refractivity contribution < 1.29 is 22.6 Å². The highest BCUT2D eigenvalue weighted by Crippen LogP contribution is 2.30. The molecule has 0 saturated heterocycles. The molecule has 90 valence electrons. The summed E-state index contributed by atoms with van der Waals surface area (Å²) in [7, 11) is 1.33. The van der Waals surface area contributed by atoms with E-state index in [4.69, 9.17) is 4.74 Å². The molecule has 16 heavy (non-hydrogen) atoms. The molecule has 0 spiro atoms. The molecular weight excluding hydrogens is 291 g/mol. The molecule has 0 aliphatic rings. The zero-order valence-electron chi connectivity index (χ0n) is 8.56. The Morgan fingerprint density at radius 3 is 2.50 bits per heavy atom. The van der Waals surface area contributed by atoms with Gasteiger partial charge >= 0.3 is 6.36 Å². The Balaban J connectivity index is 3.18. The number of halogens is 4. The van der Waals surface area contributed by atoms with Gasteiger partial charge in [0, 0.05) is 17.0 Å². The molecule has 0 saturated carbocycles. The van der Waals surface area contributed by atoms with E-state index in [1.165, 1.54) is 7.11 Å². The van der Waals surface area contributed by atoms with E-state index in [-0.39, 0.29) is 11.2 Å². The highest BCUT2D eigenvalue weighted by molar-refractivity contribution is 9.08. The highest BCUT2D eigenvalue weighted by atomic mass is 79.9. The van der Waals surface area contributed by atoms with Crippen LogP contribution in [-0.2, 0) is 5.33 Å². The van der Waals surface area contributed by atoms with Gasteiger partial charge in [-0.3, -0.25) is 0 Å². The van der Waals surface area contributed by atoms with E-state index in [9.17, 15) is 13.2 Å². The van der Waals surface area contributed by atoms with Gasteiger partial charge in [0.25, 0.3) is 0 Å². The summed E-state index contributed by atoms with van der Waals surface area (Å²) in [6.45, 7) is 1.66. The molecule has 3 nitrogen and oxygen atoms in total. The first-order valence-electron chi connectivity index (χ1n) is 4.23. The standard InChI is InChI=1S/C9H9BrF3NO2/c1-5-3-7(15-2)14-8(6(5)4-10)16-9(11,12)13/h3H,4H2,1-2H3. The Bertz CT molecular complexity index is 382.